The normalized spacial score (nSPS) is 31.5. The van der Waals surface area contributed by atoms with Gasteiger partial charge in [0.25, 0.3) is 0 Å². The average Bonchev–Trinajstić information content (AvgIpc) is 3.11. The molecule has 1 aliphatic carbocycles. The van der Waals surface area contributed by atoms with Crippen LogP contribution in [0.2, 0.25) is 0 Å². The molecule has 0 bridgehead atoms. The monoisotopic (exact) mass is 203 g/mol. The first kappa shape index (κ1) is 9.37. The van der Waals surface area contributed by atoms with E-state index in [9.17, 15) is 0 Å². The quantitative estimate of drug-likeness (QED) is 0.685. The third-order valence-electron chi connectivity index (χ3n) is 3.43. The van der Waals surface area contributed by atoms with E-state index in [2.05, 4.69) is 35.4 Å². The Morgan fingerprint density at radius 3 is 2.47 bits per heavy atom. The minimum absolute atomic E-state index is 0.245. The molecule has 2 atom stereocenters. The highest BCUT2D eigenvalue weighted by atomic mass is 16.8. The Kier molecular flexibility index (Phi) is 2.47. The first-order valence-corrected chi connectivity index (χ1v) is 5.95. The van der Waals surface area contributed by atoms with Crippen molar-refractivity contribution in [3.8, 4) is 0 Å². The van der Waals surface area contributed by atoms with Gasteiger partial charge in [-0.2, -0.15) is 0 Å². The molecule has 80 valence electrons. The van der Waals surface area contributed by atoms with Crippen molar-refractivity contribution in [3.63, 3.8) is 0 Å². The molecule has 1 unspecified atom stereocenters. The number of hydrogen-bond acceptors (Lipinski definition) is 2. The van der Waals surface area contributed by atoms with Crippen LogP contribution in [0.15, 0.2) is 30.3 Å². The van der Waals surface area contributed by atoms with E-state index in [0.29, 0.717) is 6.04 Å². The van der Waals surface area contributed by atoms with E-state index in [1.807, 2.05) is 0 Å². The standard InChI is InChI=1S/C13H17NO/c1-3-7-11(8-4-1)13-14(15-13)12-9-5-2-6-10-12/h1,3-4,7-8,12-13H,2,5-6,9-10H2/t13-,14?/m0/s1. The second-order valence-corrected chi connectivity index (χ2v) is 4.52. The van der Waals surface area contributed by atoms with E-state index in [-0.39, 0.29) is 6.23 Å². The van der Waals surface area contributed by atoms with Crippen LogP contribution in [0.3, 0.4) is 0 Å². The fourth-order valence-corrected chi connectivity index (χ4v) is 2.53. The van der Waals surface area contributed by atoms with Crippen molar-refractivity contribution in [2.24, 2.45) is 0 Å². The van der Waals surface area contributed by atoms with Gasteiger partial charge >= 0.3 is 0 Å². The Bertz CT molecular complexity index is 319. The number of benzene rings is 1. The van der Waals surface area contributed by atoms with Crippen LogP contribution in [0.4, 0.5) is 0 Å². The Morgan fingerprint density at radius 2 is 1.73 bits per heavy atom. The maximum Gasteiger partial charge on any atom is 0.180 e. The summed E-state index contributed by atoms with van der Waals surface area (Å²) in [4.78, 5) is 5.68. The van der Waals surface area contributed by atoms with Gasteiger partial charge in [0.15, 0.2) is 6.23 Å². The Balaban J connectivity index is 1.64. The second-order valence-electron chi connectivity index (χ2n) is 4.52. The summed E-state index contributed by atoms with van der Waals surface area (Å²) < 4.78 is 0. The van der Waals surface area contributed by atoms with Crippen LogP contribution in [0, 0.1) is 0 Å². The zero-order valence-corrected chi connectivity index (χ0v) is 8.93. The van der Waals surface area contributed by atoms with E-state index >= 15 is 0 Å². The van der Waals surface area contributed by atoms with Crippen LogP contribution in [-0.2, 0) is 4.84 Å². The molecule has 0 radical (unpaired) electrons. The lowest BCUT2D eigenvalue weighted by atomic mass is 9.95. The highest BCUT2D eigenvalue weighted by Crippen LogP contribution is 2.42. The van der Waals surface area contributed by atoms with Gasteiger partial charge in [0.1, 0.15) is 0 Å². The average molecular weight is 203 g/mol. The Labute approximate surface area is 90.8 Å². The molecule has 1 aromatic rings. The number of nitrogens with zero attached hydrogens (tertiary/aromatic N) is 1. The summed E-state index contributed by atoms with van der Waals surface area (Å²) in [5, 5.41) is 2.19. The van der Waals surface area contributed by atoms with Crippen molar-refractivity contribution < 1.29 is 4.84 Å². The van der Waals surface area contributed by atoms with Gasteiger partial charge in [0, 0.05) is 6.04 Å². The largest absolute Gasteiger partial charge is 0.270 e. The summed E-state index contributed by atoms with van der Waals surface area (Å²) in [6.45, 7) is 0. The molecular formula is C13H17NO. The molecular weight excluding hydrogens is 186 g/mol. The first-order chi connectivity index (χ1) is 7.45. The van der Waals surface area contributed by atoms with E-state index in [0.717, 1.165) is 0 Å². The molecule has 0 amide bonds. The summed E-state index contributed by atoms with van der Waals surface area (Å²) in [6, 6.07) is 11.2. The molecule has 1 saturated carbocycles. The van der Waals surface area contributed by atoms with Crippen LogP contribution < -0.4 is 0 Å². The molecule has 15 heavy (non-hydrogen) atoms. The Hall–Kier alpha value is -0.860. The van der Waals surface area contributed by atoms with Crippen LogP contribution in [-0.4, -0.2) is 11.1 Å². The van der Waals surface area contributed by atoms with Gasteiger partial charge in [0.05, 0.1) is 0 Å². The predicted molar refractivity (Wildman–Crippen MR) is 59.0 cm³/mol. The molecule has 0 aromatic heterocycles. The van der Waals surface area contributed by atoms with Crippen molar-refractivity contribution in [2.75, 3.05) is 0 Å². The third-order valence-corrected chi connectivity index (χ3v) is 3.43. The fourth-order valence-electron chi connectivity index (χ4n) is 2.53. The maximum absolute atomic E-state index is 5.68. The maximum atomic E-state index is 5.68. The highest BCUT2D eigenvalue weighted by Gasteiger charge is 2.43. The van der Waals surface area contributed by atoms with Crippen molar-refractivity contribution in [3.05, 3.63) is 35.9 Å². The minimum atomic E-state index is 0.245. The van der Waals surface area contributed by atoms with Gasteiger partial charge in [-0.05, 0) is 18.4 Å². The summed E-state index contributed by atoms with van der Waals surface area (Å²) in [5.41, 5.74) is 1.29. The molecule has 2 aliphatic rings. The minimum Gasteiger partial charge on any atom is -0.270 e. The van der Waals surface area contributed by atoms with E-state index < -0.39 is 0 Å². The number of hydrogen-bond donors (Lipinski definition) is 0. The van der Waals surface area contributed by atoms with Gasteiger partial charge in [-0.15, -0.1) is 5.06 Å². The van der Waals surface area contributed by atoms with E-state index in [1.165, 1.54) is 37.7 Å². The zero-order valence-electron chi connectivity index (χ0n) is 8.93. The SMILES string of the molecule is c1ccc([C@@H]2ON2C2CCCCC2)cc1. The zero-order chi connectivity index (χ0) is 10.1. The highest BCUT2D eigenvalue weighted by molar-refractivity contribution is 5.19. The van der Waals surface area contributed by atoms with Crippen LogP contribution in [0.25, 0.3) is 0 Å². The molecule has 2 fully saturated rings. The van der Waals surface area contributed by atoms with Gasteiger partial charge in [0.2, 0.25) is 0 Å². The Morgan fingerprint density at radius 1 is 1.00 bits per heavy atom. The second kappa shape index (κ2) is 3.95. The lowest BCUT2D eigenvalue weighted by Crippen LogP contribution is -2.21. The summed E-state index contributed by atoms with van der Waals surface area (Å²) in [6.07, 6.45) is 7.00. The van der Waals surface area contributed by atoms with Gasteiger partial charge in [-0.1, -0.05) is 49.6 Å². The molecule has 1 aromatic carbocycles. The summed E-state index contributed by atoms with van der Waals surface area (Å²) in [7, 11) is 0. The topological polar surface area (TPSA) is 15.5 Å². The van der Waals surface area contributed by atoms with E-state index in [4.69, 9.17) is 4.84 Å². The van der Waals surface area contributed by atoms with Crippen molar-refractivity contribution >= 4 is 0 Å². The molecule has 0 N–H and O–H groups in total. The van der Waals surface area contributed by atoms with Gasteiger partial charge in [-0.25, -0.2) is 0 Å². The van der Waals surface area contributed by atoms with Crippen molar-refractivity contribution in [1.82, 2.24) is 5.06 Å². The first-order valence-electron chi connectivity index (χ1n) is 5.95. The van der Waals surface area contributed by atoms with E-state index in [1.54, 1.807) is 0 Å². The van der Waals surface area contributed by atoms with Crippen LogP contribution in [0.1, 0.15) is 43.9 Å². The predicted octanol–water partition coefficient (Wildman–Crippen LogP) is 3.27. The molecule has 2 heteroatoms. The molecule has 3 rings (SSSR count). The summed E-state index contributed by atoms with van der Waals surface area (Å²) >= 11 is 0. The molecule has 0 spiro atoms. The third kappa shape index (κ3) is 1.92. The lowest BCUT2D eigenvalue weighted by Gasteiger charge is -2.20. The summed E-state index contributed by atoms with van der Waals surface area (Å²) in [5.74, 6) is 0. The lowest BCUT2D eigenvalue weighted by molar-refractivity contribution is 0.119. The number of hydroxylamine groups is 2. The molecule has 1 saturated heterocycles. The molecule has 1 heterocycles. The van der Waals surface area contributed by atoms with Gasteiger partial charge in [-0.3, -0.25) is 4.84 Å². The molecule has 2 nitrogen and oxygen atoms in total. The van der Waals surface area contributed by atoms with Crippen molar-refractivity contribution in [2.45, 2.75) is 44.4 Å². The van der Waals surface area contributed by atoms with Gasteiger partial charge < -0.3 is 0 Å². The smallest absolute Gasteiger partial charge is 0.180 e. The van der Waals surface area contributed by atoms with Crippen molar-refractivity contribution in [1.29, 1.82) is 0 Å². The molecule has 1 aliphatic heterocycles. The van der Waals surface area contributed by atoms with Crippen LogP contribution >= 0.6 is 0 Å². The fraction of sp³-hybridized carbons (Fsp3) is 0.538. The van der Waals surface area contributed by atoms with Crippen LogP contribution in [0.5, 0.6) is 0 Å². The number of rotatable bonds is 2.